The van der Waals surface area contributed by atoms with E-state index in [0.717, 1.165) is 5.06 Å². The molecule has 13 heavy (non-hydrogen) atoms. The van der Waals surface area contributed by atoms with Crippen molar-refractivity contribution in [3.05, 3.63) is 12.7 Å². The number of carbonyl (C=O) groups excluding carboxylic acids is 2. The Morgan fingerprint density at radius 3 is 2.62 bits per heavy atom. The number of nitrogens with zero attached hydrogens (tertiary/aromatic N) is 1. The Labute approximate surface area is 76.9 Å². The lowest BCUT2D eigenvalue weighted by Crippen LogP contribution is -2.30. The first kappa shape index (κ1) is 11.5. The highest BCUT2D eigenvalue weighted by atomic mass is 16.7. The summed E-state index contributed by atoms with van der Waals surface area (Å²) in [4.78, 5) is 26.2. The van der Waals surface area contributed by atoms with Gasteiger partial charge in [0.1, 0.15) is 6.61 Å². The molecular weight excluding hydrogens is 174 g/mol. The van der Waals surface area contributed by atoms with E-state index in [4.69, 9.17) is 0 Å². The summed E-state index contributed by atoms with van der Waals surface area (Å²) in [7, 11) is 1.30. The monoisotopic (exact) mass is 187 g/mol. The molecule has 1 amide bonds. The molecule has 74 valence electrons. The van der Waals surface area contributed by atoms with E-state index in [1.807, 2.05) is 0 Å². The summed E-state index contributed by atoms with van der Waals surface area (Å²) in [5, 5.41) is 0.745. The van der Waals surface area contributed by atoms with Crippen LogP contribution in [0.2, 0.25) is 0 Å². The SMILES string of the molecule is C=CCOC(=O)N(C)OC(=O)CC. The van der Waals surface area contributed by atoms with Gasteiger partial charge in [0.25, 0.3) is 0 Å². The van der Waals surface area contributed by atoms with E-state index in [1.54, 1.807) is 6.92 Å². The molecule has 0 rings (SSSR count). The highest BCUT2D eigenvalue weighted by Crippen LogP contribution is 1.94. The topological polar surface area (TPSA) is 55.8 Å². The van der Waals surface area contributed by atoms with Gasteiger partial charge in [-0.3, -0.25) is 0 Å². The van der Waals surface area contributed by atoms with E-state index >= 15 is 0 Å². The van der Waals surface area contributed by atoms with Crippen LogP contribution in [-0.2, 0) is 14.4 Å². The van der Waals surface area contributed by atoms with Crippen molar-refractivity contribution in [1.82, 2.24) is 5.06 Å². The van der Waals surface area contributed by atoms with Gasteiger partial charge in [0.2, 0.25) is 0 Å². The highest BCUT2D eigenvalue weighted by Gasteiger charge is 2.13. The van der Waals surface area contributed by atoms with Crippen molar-refractivity contribution in [1.29, 1.82) is 0 Å². The second kappa shape index (κ2) is 6.05. The quantitative estimate of drug-likeness (QED) is 0.490. The molecule has 0 aromatic rings. The average Bonchev–Trinajstić information content (AvgIpc) is 2.13. The van der Waals surface area contributed by atoms with Crippen molar-refractivity contribution in [2.24, 2.45) is 0 Å². The van der Waals surface area contributed by atoms with Crippen LogP contribution in [0.3, 0.4) is 0 Å². The fourth-order valence-corrected chi connectivity index (χ4v) is 0.476. The third-order valence-corrected chi connectivity index (χ3v) is 1.11. The second-order valence-corrected chi connectivity index (χ2v) is 2.18. The van der Waals surface area contributed by atoms with Crippen LogP contribution >= 0.6 is 0 Å². The molecule has 5 heteroatoms. The zero-order valence-corrected chi connectivity index (χ0v) is 7.78. The van der Waals surface area contributed by atoms with Crippen molar-refractivity contribution in [3.63, 3.8) is 0 Å². The third-order valence-electron chi connectivity index (χ3n) is 1.11. The number of rotatable bonds is 3. The molecule has 0 bridgehead atoms. The summed E-state index contributed by atoms with van der Waals surface area (Å²) in [6.45, 7) is 5.09. The van der Waals surface area contributed by atoms with Crippen LogP contribution < -0.4 is 0 Å². The van der Waals surface area contributed by atoms with Crippen molar-refractivity contribution in [3.8, 4) is 0 Å². The van der Waals surface area contributed by atoms with Crippen molar-refractivity contribution in [2.45, 2.75) is 13.3 Å². The van der Waals surface area contributed by atoms with Crippen molar-refractivity contribution >= 4 is 12.1 Å². The predicted molar refractivity (Wildman–Crippen MR) is 45.7 cm³/mol. The van der Waals surface area contributed by atoms with E-state index < -0.39 is 12.1 Å². The Kier molecular flexibility index (Phi) is 5.34. The summed E-state index contributed by atoms with van der Waals surface area (Å²) in [5.74, 6) is -0.488. The molecule has 0 heterocycles. The lowest BCUT2D eigenvalue weighted by Gasteiger charge is -2.14. The lowest BCUT2D eigenvalue weighted by atomic mass is 10.5. The van der Waals surface area contributed by atoms with Crippen LogP contribution in [0.1, 0.15) is 13.3 Å². The van der Waals surface area contributed by atoms with Crippen LogP contribution in [0.25, 0.3) is 0 Å². The number of hydrogen-bond donors (Lipinski definition) is 0. The Hall–Kier alpha value is -1.52. The molecule has 0 N–H and O–H groups in total. The van der Waals surface area contributed by atoms with Crippen molar-refractivity contribution in [2.75, 3.05) is 13.7 Å². The zero-order chi connectivity index (χ0) is 10.3. The molecule has 5 nitrogen and oxygen atoms in total. The van der Waals surface area contributed by atoms with Crippen LogP contribution in [-0.4, -0.2) is 30.8 Å². The number of hydroxylamine groups is 2. The molecule has 0 aliphatic carbocycles. The highest BCUT2D eigenvalue weighted by molar-refractivity contribution is 5.72. The normalized spacial score (nSPS) is 8.77. The van der Waals surface area contributed by atoms with Gasteiger partial charge in [-0.05, 0) is 0 Å². The summed E-state index contributed by atoms with van der Waals surface area (Å²) >= 11 is 0. The summed E-state index contributed by atoms with van der Waals surface area (Å²) < 4.78 is 4.59. The largest absolute Gasteiger partial charge is 0.443 e. The second-order valence-electron chi connectivity index (χ2n) is 2.18. The average molecular weight is 187 g/mol. The van der Waals surface area contributed by atoms with Gasteiger partial charge < -0.3 is 9.57 Å². The van der Waals surface area contributed by atoms with Gasteiger partial charge in [0.15, 0.2) is 0 Å². The summed E-state index contributed by atoms with van der Waals surface area (Å²) in [6.07, 6.45) is 0.911. The minimum atomic E-state index is -0.721. The zero-order valence-electron chi connectivity index (χ0n) is 7.78. The molecule has 0 unspecified atom stereocenters. The predicted octanol–water partition coefficient (Wildman–Crippen LogP) is 1.11. The van der Waals surface area contributed by atoms with Gasteiger partial charge in [-0.2, -0.15) is 0 Å². The maximum Gasteiger partial charge on any atom is 0.443 e. The smallest absolute Gasteiger partial charge is 0.443 e. The van der Waals surface area contributed by atoms with Crippen LogP contribution in [0.5, 0.6) is 0 Å². The molecule has 0 saturated carbocycles. The number of carbonyl (C=O) groups is 2. The first-order valence-electron chi connectivity index (χ1n) is 3.84. The Morgan fingerprint density at radius 2 is 2.15 bits per heavy atom. The fraction of sp³-hybridized carbons (Fsp3) is 0.500. The molecule has 0 aliphatic heterocycles. The van der Waals surface area contributed by atoms with E-state index in [1.165, 1.54) is 13.1 Å². The minimum Gasteiger partial charge on any atom is -0.443 e. The molecule has 0 spiro atoms. The summed E-state index contributed by atoms with van der Waals surface area (Å²) in [5.41, 5.74) is 0. The first-order valence-corrected chi connectivity index (χ1v) is 3.84. The maximum absolute atomic E-state index is 10.9. The number of ether oxygens (including phenoxy) is 1. The standard InChI is InChI=1S/C8H13NO4/c1-4-6-12-8(11)9(3)13-7(10)5-2/h4H,1,5-6H2,2-3H3. The van der Waals surface area contributed by atoms with Gasteiger partial charge in [0, 0.05) is 6.42 Å². The van der Waals surface area contributed by atoms with Crippen LogP contribution in [0, 0.1) is 0 Å². The summed E-state index contributed by atoms with van der Waals surface area (Å²) in [6, 6.07) is 0. The van der Waals surface area contributed by atoms with Crippen LogP contribution in [0.4, 0.5) is 4.79 Å². The lowest BCUT2D eigenvalue weighted by molar-refractivity contribution is -0.175. The molecule has 0 atom stereocenters. The molecule has 0 radical (unpaired) electrons. The molecule has 0 aromatic heterocycles. The Balaban J connectivity index is 3.81. The van der Waals surface area contributed by atoms with E-state index in [-0.39, 0.29) is 13.0 Å². The van der Waals surface area contributed by atoms with Gasteiger partial charge in [-0.25, -0.2) is 9.59 Å². The van der Waals surface area contributed by atoms with Crippen LogP contribution in [0.15, 0.2) is 12.7 Å². The molecule has 0 aromatic carbocycles. The Bertz CT molecular complexity index is 202. The molecule has 0 saturated heterocycles. The maximum atomic E-state index is 10.9. The van der Waals surface area contributed by atoms with Gasteiger partial charge in [0.05, 0.1) is 7.05 Å². The van der Waals surface area contributed by atoms with Gasteiger partial charge in [-0.1, -0.05) is 19.6 Å². The molecule has 0 aliphatic rings. The minimum absolute atomic E-state index is 0.0901. The van der Waals surface area contributed by atoms with Gasteiger partial charge >= 0.3 is 12.1 Å². The third kappa shape index (κ3) is 4.84. The fourth-order valence-electron chi connectivity index (χ4n) is 0.476. The van der Waals surface area contributed by atoms with E-state index in [0.29, 0.717) is 0 Å². The number of amides is 1. The van der Waals surface area contributed by atoms with E-state index in [2.05, 4.69) is 16.2 Å². The van der Waals surface area contributed by atoms with E-state index in [9.17, 15) is 9.59 Å². The first-order chi connectivity index (χ1) is 6.11. The Morgan fingerprint density at radius 1 is 1.54 bits per heavy atom. The van der Waals surface area contributed by atoms with Gasteiger partial charge in [-0.15, -0.1) is 5.06 Å². The number of hydrogen-bond acceptors (Lipinski definition) is 4. The molecular formula is C8H13NO4. The van der Waals surface area contributed by atoms with Crippen molar-refractivity contribution < 1.29 is 19.2 Å². The molecule has 0 fully saturated rings.